The van der Waals surface area contributed by atoms with Gasteiger partial charge in [0.15, 0.2) is 5.34 Å². The predicted molar refractivity (Wildman–Crippen MR) is 28.0 cm³/mol. The van der Waals surface area contributed by atoms with Gasteiger partial charge in [-0.25, -0.2) is 0 Å². The third-order valence-electron chi connectivity index (χ3n) is 0.258. The second kappa shape index (κ2) is 9.31. The van der Waals surface area contributed by atoms with Crippen molar-refractivity contribution in [2.75, 3.05) is 0 Å². The molecule has 4 heteroatoms. The van der Waals surface area contributed by atoms with Crippen LogP contribution >= 0.6 is 0 Å². The molecule has 0 heterocycles. The molecule has 0 amide bonds. The van der Waals surface area contributed by atoms with E-state index in [2.05, 4.69) is 0 Å². The molecule has 0 radical (unpaired) electrons. The number of rotatable bonds is 0. The lowest BCUT2D eigenvalue weighted by molar-refractivity contribution is 0.312. The summed E-state index contributed by atoms with van der Waals surface area (Å²) in [6.45, 7) is 3.72. The highest BCUT2D eigenvalue weighted by molar-refractivity contribution is 4.72. The first-order chi connectivity index (χ1) is 3.68. The zero-order valence-corrected chi connectivity index (χ0v) is 4.83. The molecule has 0 aliphatic heterocycles. The van der Waals surface area contributed by atoms with Gasteiger partial charge in [0.05, 0.1) is 6.07 Å². The van der Waals surface area contributed by atoms with Crippen LogP contribution in [0.25, 0.3) is 0 Å². The van der Waals surface area contributed by atoms with Gasteiger partial charge in [-0.1, -0.05) is 0 Å². The lowest BCUT2D eigenvalue weighted by atomic mass is 10.3. The first-order valence-electron chi connectivity index (χ1n) is 2.05. The summed E-state index contributed by atoms with van der Waals surface area (Å²) in [4.78, 5) is 8.11. The first kappa shape index (κ1) is 10.00. The van der Waals surface area contributed by atoms with Crippen molar-refractivity contribution in [2.24, 2.45) is 11.3 Å². The molecule has 0 aliphatic carbocycles. The molecule has 0 saturated carbocycles. The van der Waals surface area contributed by atoms with E-state index in [4.69, 9.17) is 15.4 Å². The minimum absolute atomic E-state index is 0.190. The SMILES string of the molecule is CC(C)C#N.O=NO. The highest BCUT2D eigenvalue weighted by Gasteiger charge is 1.78. The highest BCUT2D eigenvalue weighted by Crippen LogP contribution is 1.81. The lowest BCUT2D eigenvalue weighted by Crippen LogP contribution is -1.72. The summed E-state index contributed by atoms with van der Waals surface area (Å²) in [6, 6.07) is 2.03. The monoisotopic (exact) mass is 116 g/mol. The van der Waals surface area contributed by atoms with E-state index in [0.717, 1.165) is 0 Å². The van der Waals surface area contributed by atoms with Crippen molar-refractivity contribution in [3.63, 3.8) is 0 Å². The van der Waals surface area contributed by atoms with Crippen LogP contribution < -0.4 is 0 Å². The summed E-state index contributed by atoms with van der Waals surface area (Å²) in [5.74, 6) is 0.190. The first-order valence-corrected chi connectivity index (χ1v) is 2.05. The van der Waals surface area contributed by atoms with Crippen LogP contribution in [0.15, 0.2) is 5.34 Å². The van der Waals surface area contributed by atoms with Crippen molar-refractivity contribution in [1.29, 1.82) is 5.26 Å². The van der Waals surface area contributed by atoms with Gasteiger partial charge < -0.3 is 5.21 Å². The maximum atomic E-state index is 8.11. The fraction of sp³-hybridized carbons (Fsp3) is 0.750. The Labute approximate surface area is 47.7 Å². The Morgan fingerprint density at radius 3 is 1.88 bits per heavy atom. The summed E-state index contributed by atoms with van der Waals surface area (Å²) in [7, 11) is 0. The van der Waals surface area contributed by atoms with Crippen molar-refractivity contribution in [3.8, 4) is 6.07 Å². The van der Waals surface area contributed by atoms with Crippen LogP contribution in [-0.2, 0) is 0 Å². The van der Waals surface area contributed by atoms with Gasteiger partial charge in [0.25, 0.3) is 0 Å². The third kappa shape index (κ3) is 93.4. The molecule has 0 spiro atoms. The molecular formula is C4H8N2O2. The summed E-state index contributed by atoms with van der Waals surface area (Å²) in [5.41, 5.74) is 0. The van der Waals surface area contributed by atoms with E-state index in [1.165, 1.54) is 5.34 Å². The molecule has 0 saturated heterocycles. The molecular weight excluding hydrogens is 108 g/mol. The molecule has 1 N–H and O–H groups in total. The smallest absolute Gasteiger partial charge is 0.152 e. The van der Waals surface area contributed by atoms with Gasteiger partial charge in [0.1, 0.15) is 0 Å². The molecule has 0 atom stereocenters. The Kier molecular flexibility index (Phi) is 11.6. The van der Waals surface area contributed by atoms with E-state index in [-0.39, 0.29) is 5.92 Å². The van der Waals surface area contributed by atoms with Gasteiger partial charge in [-0.3, -0.25) is 0 Å². The van der Waals surface area contributed by atoms with Gasteiger partial charge in [0.2, 0.25) is 0 Å². The van der Waals surface area contributed by atoms with Crippen LogP contribution in [-0.4, -0.2) is 5.21 Å². The Hall–Kier alpha value is -1.11. The number of hydrogen-bond acceptors (Lipinski definition) is 3. The second-order valence-electron chi connectivity index (χ2n) is 1.37. The van der Waals surface area contributed by atoms with Crippen LogP contribution in [0.1, 0.15) is 13.8 Å². The van der Waals surface area contributed by atoms with E-state index in [1.807, 2.05) is 19.9 Å². The molecule has 0 unspecified atom stereocenters. The van der Waals surface area contributed by atoms with E-state index in [1.54, 1.807) is 0 Å². The molecule has 4 nitrogen and oxygen atoms in total. The lowest BCUT2D eigenvalue weighted by Gasteiger charge is -1.75. The Bertz CT molecular complexity index is 84.5. The zero-order valence-electron chi connectivity index (χ0n) is 4.83. The number of hydrogen-bond donors (Lipinski definition) is 1. The molecule has 0 aromatic rings. The Balaban J connectivity index is 0. The number of nitriles is 1. The Morgan fingerprint density at radius 1 is 1.75 bits per heavy atom. The summed E-state index contributed by atoms with van der Waals surface area (Å²) in [5, 5.41) is 15.8. The minimum atomic E-state index is 0.190. The van der Waals surface area contributed by atoms with Crippen LogP contribution in [0.3, 0.4) is 0 Å². The van der Waals surface area contributed by atoms with E-state index in [0.29, 0.717) is 0 Å². The van der Waals surface area contributed by atoms with Crippen molar-refractivity contribution in [1.82, 2.24) is 0 Å². The predicted octanol–water partition coefficient (Wildman–Crippen LogP) is 1.31. The second-order valence-corrected chi connectivity index (χ2v) is 1.37. The molecule has 0 aromatic heterocycles. The average Bonchev–Trinajstić information content (AvgIpc) is 1.69. The van der Waals surface area contributed by atoms with Crippen molar-refractivity contribution in [3.05, 3.63) is 4.91 Å². The summed E-state index contributed by atoms with van der Waals surface area (Å²) in [6.07, 6.45) is 0. The number of nitrogens with zero attached hydrogens (tertiary/aromatic N) is 2. The van der Waals surface area contributed by atoms with Gasteiger partial charge in [-0.2, -0.15) is 5.26 Å². The third-order valence-corrected chi connectivity index (χ3v) is 0.258. The fourth-order valence-corrected chi connectivity index (χ4v) is 0. The van der Waals surface area contributed by atoms with E-state index >= 15 is 0 Å². The maximum Gasteiger partial charge on any atom is 0.152 e. The largest absolute Gasteiger partial charge is 0.379 e. The zero-order chi connectivity index (χ0) is 6.99. The van der Waals surface area contributed by atoms with Crippen molar-refractivity contribution >= 4 is 0 Å². The summed E-state index contributed by atoms with van der Waals surface area (Å²) < 4.78 is 0. The van der Waals surface area contributed by atoms with Crippen LogP contribution in [0.5, 0.6) is 0 Å². The van der Waals surface area contributed by atoms with Crippen LogP contribution in [0, 0.1) is 22.2 Å². The normalized spacial score (nSPS) is 6.25. The minimum Gasteiger partial charge on any atom is -0.379 e. The Morgan fingerprint density at radius 2 is 1.88 bits per heavy atom. The van der Waals surface area contributed by atoms with E-state index < -0.39 is 0 Å². The molecule has 0 fully saturated rings. The molecule has 0 rings (SSSR count). The molecule has 0 aromatic carbocycles. The standard InChI is InChI=1S/C4H7N.HNO2/c1-4(2)3-5;2-1-3/h4H,1-2H3;(H,2,3). The van der Waals surface area contributed by atoms with Gasteiger partial charge in [-0.05, 0) is 13.8 Å². The van der Waals surface area contributed by atoms with Gasteiger partial charge >= 0.3 is 0 Å². The fourth-order valence-electron chi connectivity index (χ4n) is 0. The molecule has 8 heavy (non-hydrogen) atoms. The van der Waals surface area contributed by atoms with Gasteiger partial charge in [-0.15, -0.1) is 4.91 Å². The molecule has 0 aliphatic rings. The topological polar surface area (TPSA) is 73.5 Å². The molecule has 46 valence electrons. The van der Waals surface area contributed by atoms with Gasteiger partial charge in [0, 0.05) is 5.92 Å². The summed E-state index contributed by atoms with van der Waals surface area (Å²) >= 11 is 0. The quantitative estimate of drug-likeness (QED) is 0.383. The van der Waals surface area contributed by atoms with Crippen LogP contribution in [0.2, 0.25) is 0 Å². The average molecular weight is 116 g/mol. The van der Waals surface area contributed by atoms with Crippen LogP contribution in [0.4, 0.5) is 0 Å². The van der Waals surface area contributed by atoms with Crippen molar-refractivity contribution < 1.29 is 5.21 Å². The maximum absolute atomic E-state index is 8.11. The highest BCUT2D eigenvalue weighted by atomic mass is 16.6. The van der Waals surface area contributed by atoms with E-state index in [9.17, 15) is 0 Å². The van der Waals surface area contributed by atoms with Crippen molar-refractivity contribution in [2.45, 2.75) is 13.8 Å². The molecule has 0 bridgehead atoms.